The van der Waals surface area contributed by atoms with Crippen molar-refractivity contribution in [1.29, 1.82) is 0 Å². The van der Waals surface area contributed by atoms with E-state index in [4.69, 9.17) is 0 Å². The monoisotopic (exact) mass is 241 g/mol. The molecule has 0 bridgehead atoms. The van der Waals surface area contributed by atoms with Crippen LogP contribution in [0.25, 0.3) is 0 Å². The van der Waals surface area contributed by atoms with E-state index in [1.54, 1.807) is 0 Å². The molecule has 4 nitrogen and oxygen atoms in total. The molecule has 2 heterocycles. The first-order chi connectivity index (χ1) is 8.83. The van der Waals surface area contributed by atoms with Gasteiger partial charge in [0.25, 0.3) is 5.91 Å². The van der Waals surface area contributed by atoms with Crippen molar-refractivity contribution in [3.8, 4) is 0 Å². The largest absolute Gasteiger partial charge is 0.298 e. The number of benzene rings is 1. The lowest BCUT2D eigenvalue weighted by atomic mass is 9.93. The van der Waals surface area contributed by atoms with Crippen molar-refractivity contribution in [2.75, 3.05) is 13.1 Å². The number of fused-ring (bicyclic) bond motifs is 1. The van der Waals surface area contributed by atoms with Crippen LogP contribution in [0.4, 0.5) is 0 Å². The zero-order valence-electron chi connectivity index (χ0n) is 10.1. The molecule has 3 rings (SSSR count). The van der Waals surface area contributed by atoms with Crippen LogP contribution in [0.1, 0.15) is 12.0 Å². The molecule has 0 aromatic heterocycles. The number of rotatable bonds is 2. The highest BCUT2D eigenvalue weighted by Gasteiger charge is 2.32. The summed E-state index contributed by atoms with van der Waals surface area (Å²) in [5.41, 5.74) is 2.28. The van der Waals surface area contributed by atoms with Crippen molar-refractivity contribution in [3.05, 3.63) is 35.9 Å². The molecule has 0 aliphatic carbocycles. The predicted octanol–water partition coefficient (Wildman–Crippen LogP) is 1.52. The van der Waals surface area contributed by atoms with E-state index < -0.39 is 0 Å². The Bertz CT molecular complexity index is 507. The molecule has 1 aromatic carbocycles. The number of likely N-dealkylation sites (tertiary alicyclic amines) is 1. The second-order valence-electron chi connectivity index (χ2n) is 4.73. The lowest BCUT2D eigenvalue weighted by molar-refractivity contribution is -0.120. The summed E-state index contributed by atoms with van der Waals surface area (Å²) in [6.07, 6.45) is 2.26. The third-order valence-electron chi connectivity index (χ3n) is 3.48. The summed E-state index contributed by atoms with van der Waals surface area (Å²) < 4.78 is 0. The number of carbonyl (C=O) groups excluding carboxylic acids is 1. The van der Waals surface area contributed by atoms with Crippen LogP contribution in [0.2, 0.25) is 0 Å². The van der Waals surface area contributed by atoms with Crippen molar-refractivity contribution in [2.45, 2.75) is 13.0 Å². The predicted molar refractivity (Wildman–Crippen MR) is 70.8 cm³/mol. The van der Waals surface area contributed by atoms with Crippen molar-refractivity contribution < 1.29 is 4.79 Å². The van der Waals surface area contributed by atoms with Gasteiger partial charge in [0.1, 0.15) is 6.34 Å². The number of carbonyl (C=O) groups is 1. The molecular weight excluding hydrogens is 226 g/mol. The minimum Gasteiger partial charge on any atom is -0.298 e. The molecule has 2 aliphatic rings. The van der Waals surface area contributed by atoms with Crippen molar-refractivity contribution in [1.82, 2.24) is 4.90 Å². The fourth-order valence-electron chi connectivity index (χ4n) is 2.51. The van der Waals surface area contributed by atoms with E-state index >= 15 is 0 Å². The Labute approximate surface area is 106 Å². The van der Waals surface area contributed by atoms with Gasteiger partial charge in [0, 0.05) is 25.3 Å². The van der Waals surface area contributed by atoms with E-state index in [9.17, 15) is 4.79 Å². The SMILES string of the molecule is O=C1N=CN=C2CCN(Cc3ccccc3)CC12. The van der Waals surface area contributed by atoms with Crippen LogP contribution in [0.3, 0.4) is 0 Å². The fraction of sp³-hybridized carbons (Fsp3) is 0.357. The van der Waals surface area contributed by atoms with Gasteiger partial charge in [-0.05, 0) is 12.0 Å². The van der Waals surface area contributed by atoms with Gasteiger partial charge in [0.15, 0.2) is 0 Å². The van der Waals surface area contributed by atoms with Gasteiger partial charge in [-0.25, -0.2) is 9.98 Å². The number of aliphatic imine (C=N–C) groups is 2. The molecule has 1 saturated heterocycles. The number of piperidine rings is 1. The summed E-state index contributed by atoms with van der Waals surface area (Å²) in [5.74, 6) is -0.162. The normalized spacial score (nSPS) is 23.7. The number of nitrogens with zero attached hydrogens (tertiary/aromatic N) is 3. The molecule has 0 spiro atoms. The maximum Gasteiger partial charge on any atom is 0.257 e. The molecule has 18 heavy (non-hydrogen) atoms. The van der Waals surface area contributed by atoms with Crippen molar-refractivity contribution in [3.63, 3.8) is 0 Å². The molecule has 1 fully saturated rings. The molecule has 1 unspecified atom stereocenters. The molecule has 1 atom stereocenters. The summed E-state index contributed by atoms with van der Waals surface area (Å²) in [6.45, 7) is 2.59. The van der Waals surface area contributed by atoms with Crippen molar-refractivity contribution >= 4 is 18.0 Å². The van der Waals surface area contributed by atoms with Crippen LogP contribution >= 0.6 is 0 Å². The van der Waals surface area contributed by atoms with Crippen molar-refractivity contribution in [2.24, 2.45) is 15.9 Å². The summed E-state index contributed by atoms with van der Waals surface area (Å²) >= 11 is 0. The van der Waals surface area contributed by atoms with E-state index in [0.29, 0.717) is 0 Å². The first-order valence-electron chi connectivity index (χ1n) is 6.22. The number of hydrogen-bond acceptors (Lipinski definition) is 3. The maximum atomic E-state index is 11.7. The molecule has 2 aliphatic heterocycles. The maximum absolute atomic E-state index is 11.7. The third kappa shape index (κ3) is 2.24. The van der Waals surface area contributed by atoms with Gasteiger partial charge in [-0.15, -0.1) is 0 Å². The zero-order chi connectivity index (χ0) is 12.4. The van der Waals surface area contributed by atoms with Crippen LogP contribution in [-0.2, 0) is 11.3 Å². The highest BCUT2D eigenvalue weighted by atomic mass is 16.1. The summed E-state index contributed by atoms with van der Waals surface area (Å²) in [4.78, 5) is 22.0. The Morgan fingerprint density at radius 3 is 2.94 bits per heavy atom. The van der Waals surface area contributed by atoms with Gasteiger partial charge in [0.2, 0.25) is 0 Å². The van der Waals surface area contributed by atoms with E-state index in [1.165, 1.54) is 11.9 Å². The highest BCUT2D eigenvalue weighted by molar-refractivity contribution is 6.12. The van der Waals surface area contributed by atoms with E-state index in [0.717, 1.165) is 31.8 Å². The Morgan fingerprint density at radius 1 is 1.28 bits per heavy atom. The topological polar surface area (TPSA) is 45.0 Å². The average Bonchev–Trinajstić information content (AvgIpc) is 2.41. The summed E-state index contributed by atoms with van der Waals surface area (Å²) in [7, 11) is 0. The second kappa shape index (κ2) is 4.82. The lowest BCUT2D eigenvalue weighted by Crippen LogP contribution is -2.44. The summed E-state index contributed by atoms with van der Waals surface area (Å²) in [5, 5.41) is 0. The molecule has 92 valence electrons. The highest BCUT2D eigenvalue weighted by Crippen LogP contribution is 2.19. The van der Waals surface area contributed by atoms with E-state index in [1.807, 2.05) is 18.2 Å². The number of amides is 1. The molecule has 0 radical (unpaired) electrons. The minimum absolute atomic E-state index is 0.0437. The van der Waals surface area contributed by atoms with Crippen LogP contribution in [0, 0.1) is 5.92 Å². The molecule has 1 aromatic rings. The smallest absolute Gasteiger partial charge is 0.257 e. The third-order valence-corrected chi connectivity index (χ3v) is 3.48. The van der Waals surface area contributed by atoms with Crippen LogP contribution < -0.4 is 0 Å². The van der Waals surface area contributed by atoms with Crippen LogP contribution in [-0.4, -0.2) is 35.9 Å². The average molecular weight is 241 g/mol. The second-order valence-corrected chi connectivity index (χ2v) is 4.73. The molecular formula is C14H15N3O. The Hall–Kier alpha value is -1.81. The lowest BCUT2D eigenvalue weighted by Gasteiger charge is -2.33. The van der Waals surface area contributed by atoms with Gasteiger partial charge in [-0.3, -0.25) is 9.69 Å². The Kier molecular flexibility index (Phi) is 3.02. The molecule has 4 heteroatoms. The van der Waals surface area contributed by atoms with Crippen LogP contribution in [0.5, 0.6) is 0 Å². The Morgan fingerprint density at radius 2 is 2.11 bits per heavy atom. The van der Waals surface area contributed by atoms with Crippen LogP contribution in [0.15, 0.2) is 40.3 Å². The molecule has 0 saturated carbocycles. The standard InChI is InChI=1S/C14H15N3O/c18-14-12-9-17(7-6-13(12)15-10-16-14)8-11-4-2-1-3-5-11/h1-5,10,12H,6-9H2. The van der Waals surface area contributed by atoms with Gasteiger partial charge < -0.3 is 0 Å². The molecule has 0 N–H and O–H groups in total. The number of hydrogen-bond donors (Lipinski definition) is 0. The van der Waals surface area contributed by atoms with Gasteiger partial charge in [0.05, 0.1) is 5.92 Å². The quantitative estimate of drug-likeness (QED) is 0.788. The van der Waals surface area contributed by atoms with Gasteiger partial charge >= 0.3 is 0 Å². The van der Waals surface area contributed by atoms with E-state index in [-0.39, 0.29) is 11.8 Å². The fourth-order valence-corrected chi connectivity index (χ4v) is 2.51. The minimum atomic E-state index is -0.118. The zero-order valence-corrected chi connectivity index (χ0v) is 10.1. The molecule has 1 amide bonds. The first-order valence-corrected chi connectivity index (χ1v) is 6.22. The summed E-state index contributed by atoms with van der Waals surface area (Å²) in [6, 6.07) is 10.3. The first kappa shape index (κ1) is 11.3. The Balaban J connectivity index is 1.69. The van der Waals surface area contributed by atoms with Gasteiger partial charge in [-0.1, -0.05) is 30.3 Å². The van der Waals surface area contributed by atoms with E-state index in [2.05, 4.69) is 27.0 Å². The van der Waals surface area contributed by atoms with Gasteiger partial charge in [-0.2, -0.15) is 0 Å².